The first-order valence-corrected chi connectivity index (χ1v) is 11.9. The maximum atomic E-state index is 13.1. The molecule has 30 heavy (non-hydrogen) atoms. The van der Waals surface area contributed by atoms with Gasteiger partial charge in [0.15, 0.2) is 0 Å². The van der Waals surface area contributed by atoms with Crippen LogP contribution in [0.2, 0.25) is 0 Å². The van der Waals surface area contributed by atoms with Crippen LogP contribution in [0.4, 0.5) is 0 Å². The molecular formula is C21H23N3O4S2. The van der Waals surface area contributed by atoms with E-state index in [1.807, 2.05) is 18.2 Å². The summed E-state index contributed by atoms with van der Waals surface area (Å²) < 4.78 is 33.4. The Bertz CT molecular complexity index is 1130. The number of fused-ring (bicyclic) bond motifs is 1. The van der Waals surface area contributed by atoms with E-state index in [2.05, 4.69) is 17.9 Å². The number of para-hydroxylation sites is 1. The Morgan fingerprint density at radius 2 is 1.83 bits per heavy atom. The first-order valence-electron chi connectivity index (χ1n) is 9.68. The van der Waals surface area contributed by atoms with Gasteiger partial charge in [-0.25, -0.2) is 18.2 Å². The molecule has 0 aliphatic carbocycles. The first kappa shape index (κ1) is 20.9. The second kappa shape index (κ2) is 8.43. The highest BCUT2D eigenvalue weighted by Crippen LogP contribution is 2.30. The number of benzene rings is 2. The van der Waals surface area contributed by atoms with Crippen molar-refractivity contribution in [1.29, 1.82) is 0 Å². The van der Waals surface area contributed by atoms with Crippen LogP contribution < -0.4 is 0 Å². The summed E-state index contributed by atoms with van der Waals surface area (Å²) in [5.74, 6) is -0.554. The van der Waals surface area contributed by atoms with Crippen LogP contribution in [-0.4, -0.2) is 61.9 Å². The molecule has 9 heteroatoms. The van der Waals surface area contributed by atoms with Gasteiger partial charge in [-0.3, -0.25) is 4.90 Å². The molecule has 0 saturated carbocycles. The van der Waals surface area contributed by atoms with E-state index in [4.69, 9.17) is 9.72 Å². The SMILES string of the molecule is COC(=O)c1cccc(S(=O)(=O)N2CCN([C@H](C)c3nc4ccccc4s3)CC2)c1. The van der Waals surface area contributed by atoms with Gasteiger partial charge in [0.2, 0.25) is 10.0 Å². The van der Waals surface area contributed by atoms with E-state index < -0.39 is 16.0 Å². The predicted molar refractivity (Wildman–Crippen MR) is 116 cm³/mol. The molecule has 3 aromatic rings. The van der Waals surface area contributed by atoms with Gasteiger partial charge in [-0.2, -0.15) is 4.31 Å². The van der Waals surface area contributed by atoms with E-state index in [-0.39, 0.29) is 16.5 Å². The van der Waals surface area contributed by atoms with Crippen molar-refractivity contribution < 1.29 is 17.9 Å². The van der Waals surface area contributed by atoms with Crippen molar-refractivity contribution in [2.45, 2.75) is 17.9 Å². The summed E-state index contributed by atoms with van der Waals surface area (Å²) in [5.41, 5.74) is 1.22. The predicted octanol–water partition coefficient (Wildman–Crippen LogP) is 3.15. The average Bonchev–Trinajstić information content (AvgIpc) is 3.22. The fourth-order valence-corrected chi connectivity index (χ4v) is 6.13. The second-order valence-corrected chi connectivity index (χ2v) is 10.2. The average molecular weight is 446 g/mol. The zero-order valence-corrected chi connectivity index (χ0v) is 18.4. The molecule has 2 aromatic carbocycles. The van der Waals surface area contributed by atoms with Gasteiger partial charge in [-0.05, 0) is 37.3 Å². The van der Waals surface area contributed by atoms with Crippen LogP contribution in [0, 0.1) is 0 Å². The molecule has 1 aromatic heterocycles. The highest BCUT2D eigenvalue weighted by molar-refractivity contribution is 7.89. The van der Waals surface area contributed by atoms with Gasteiger partial charge < -0.3 is 4.74 Å². The zero-order chi connectivity index (χ0) is 21.3. The van der Waals surface area contributed by atoms with E-state index in [1.54, 1.807) is 23.5 Å². The van der Waals surface area contributed by atoms with Crippen LogP contribution in [0.5, 0.6) is 0 Å². The molecule has 0 radical (unpaired) electrons. The van der Waals surface area contributed by atoms with Crippen LogP contribution in [0.25, 0.3) is 10.2 Å². The number of esters is 1. The van der Waals surface area contributed by atoms with Crippen LogP contribution in [-0.2, 0) is 14.8 Å². The molecule has 4 rings (SSSR count). The van der Waals surface area contributed by atoms with Gasteiger partial charge in [0.25, 0.3) is 0 Å². The molecule has 1 saturated heterocycles. The number of hydrogen-bond acceptors (Lipinski definition) is 7. The zero-order valence-electron chi connectivity index (χ0n) is 16.8. The number of nitrogens with zero attached hydrogens (tertiary/aromatic N) is 3. The van der Waals surface area contributed by atoms with Gasteiger partial charge in [0.1, 0.15) is 5.01 Å². The monoisotopic (exact) mass is 445 g/mol. The van der Waals surface area contributed by atoms with Gasteiger partial charge in [0.05, 0.1) is 33.8 Å². The summed E-state index contributed by atoms with van der Waals surface area (Å²) >= 11 is 1.68. The summed E-state index contributed by atoms with van der Waals surface area (Å²) in [6.07, 6.45) is 0. The minimum atomic E-state index is -3.67. The van der Waals surface area contributed by atoms with Crippen LogP contribution >= 0.6 is 11.3 Å². The smallest absolute Gasteiger partial charge is 0.337 e. The van der Waals surface area contributed by atoms with E-state index in [9.17, 15) is 13.2 Å². The van der Waals surface area contributed by atoms with Crippen LogP contribution in [0.3, 0.4) is 0 Å². The number of carbonyl (C=O) groups excluding carboxylic acids is 1. The van der Waals surface area contributed by atoms with Crippen LogP contribution in [0.1, 0.15) is 28.3 Å². The third-order valence-corrected chi connectivity index (χ3v) is 8.48. The molecule has 1 fully saturated rings. The molecule has 1 aliphatic rings. The maximum absolute atomic E-state index is 13.1. The Morgan fingerprint density at radius 1 is 1.10 bits per heavy atom. The maximum Gasteiger partial charge on any atom is 0.337 e. The number of aromatic nitrogens is 1. The van der Waals surface area contributed by atoms with Crippen molar-refractivity contribution in [2.24, 2.45) is 0 Å². The fraction of sp³-hybridized carbons (Fsp3) is 0.333. The summed E-state index contributed by atoms with van der Waals surface area (Å²) in [7, 11) is -2.40. The summed E-state index contributed by atoms with van der Waals surface area (Å²) in [4.78, 5) is 18.9. The largest absolute Gasteiger partial charge is 0.465 e. The number of thiazole rings is 1. The molecule has 1 aliphatic heterocycles. The number of carbonyl (C=O) groups is 1. The molecule has 0 N–H and O–H groups in total. The van der Waals surface area contributed by atoms with Gasteiger partial charge >= 0.3 is 5.97 Å². The molecule has 7 nitrogen and oxygen atoms in total. The van der Waals surface area contributed by atoms with Crippen molar-refractivity contribution in [3.8, 4) is 0 Å². The Labute approximate surface area is 179 Å². The van der Waals surface area contributed by atoms with Crippen molar-refractivity contribution in [3.63, 3.8) is 0 Å². The lowest BCUT2D eigenvalue weighted by Gasteiger charge is -2.36. The Balaban J connectivity index is 1.46. The number of ether oxygens (including phenoxy) is 1. The minimum Gasteiger partial charge on any atom is -0.465 e. The van der Waals surface area contributed by atoms with Gasteiger partial charge in [-0.15, -0.1) is 11.3 Å². The van der Waals surface area contributed by atoms with E-state index in [0.717, 1.165) is 15.2 Å². The second-order valence-electron chi connectivity index (χ2n) is 7.16. The molecule has 1 atom stereocenters. The number of hydrogen-bond donors (Lipinski definition) is 0. The number of sulfonamides is 1. The van der Waals surface area contributed by atoms with Gasteiger partial charge in [0, 0.05) is 26.2 Å². The molecule has 0 amide bonds. The highest BCUT2D eigenvalue weighted by Gasteiger charge is 2.31. The topological polar surface area (TPSA) is 79.8 Å². The Kier molecular flexibility index (Phi) is 5.88. The quantitative estimate of drug-likeness (QED) is 0.562. The number of methoxy groups -OCH3 is 1. The summed E-state index contributed by atoms with van der Waals surface area (Å²) in [5, 5.41) is 1.04. The fourth-order valence-electron chi connectivity index (χ4n) is 3.61. The summed E-state index contributed by atoms with van der Waals surface area (Å²) in [6, 6.07) is 14.2. The van der Waals surface area contributed by atoms with Crippen molar-refractivity contribution in [2.75, 3.05) is 33.3 Å². The molecule has 158 valence electrons. The third kappa shape index (κ3) is 3.98. The van der Waals surface area contributed by atoms with Gasteiger partial charge in [-0.1, -0.05) is 18.2 Å². The lowest BCUT2D eigenvalue weighted by atomic mass is 10.2. The lowest BCUT2D eigenvalue weighted by molar-refractivity contribution is 0.0600. The third-order valence-electron chi connectivity index (χ3n) is 5.38. The summed E-state index contributed by atoms with van der Waals surface area (Å²) in [6.45, 7) is 4.13. The van der Waals surface area contributed by atoms with Crippen molar-refractivity contribution in [1.82, 2.24) is 14.2 Å². The molecular weight excluding hydrogens is 422 g/mol. The Hall–Kier alpha value is -2.33. The van der Waals surface area contributed by atoms with Crippen LogP contribution in [0.15, 0.2) is 53.4 Å². The molecule has 0 bridgehead atoms. The lowest BCUT2D eigenvalue weighted by Crippen LogP contribution is -2.49. The van der Waals surface area contributed by atoms with Crippen molar-refractivity contribution >= 4 is 37.5 Å². The van der Waals surface area contributed by atoms with E-state index in [1.165, 1.54) is 23.5 Å². The molecule has 2 heterocycles. The van der Waals surface area contributed by atoms with Crippen molar-refractivity contribution in [3.05, 3.63) is 59.1 Å². The normalized spacial score (nSPS) is 17.1. The first-order chi connectivity index (χ1) is 14.4. The number of rotatable bonds is 5. The molecule has 0 spiro atoms. The Morgan fingerprint density at radius 3 is 2.53 bits per heavy atom. The number of piperazine rings is 1. The minimum absolute atomic E-state index is 0.109. The molecule has 0 unspecified atom stereocenters. The van der Waals surface area contributed by atoms with E-state index >= 15 is 0 Å². The standard InChI is InChI=1S/C21H23N3O4S2/c1-15(20-22-18-8-3-4-9-19(18)29-20)23-10-12-24(13-11-23)30(26,27)17-7-5-6-16(14-17)21(25)28-2/h3-9,14-15H,10-13H2,1-2H3/t15-/m1/s1. The van der Waals surface area contributed by atoms with E-state index in [0.29, 0.717) is 26.2 Å². The highest BCUT2D eigenvalue weighted by atomic mass is 32.2.